The van der Waals surface area contributed by atoms with Gasteiger partial charge in [0.2, 0.25) is 0 Å². The van der Waals surface area contributed by atoms with Crippen LogP contribution in [0.2, 0.25) is 0 Å². The Morgan fingerprint density at radius 2 is 2.26 bits per heavy atom. The first kappa shape index (κ1) is 13.0. The Hall–Kier alpha value is -1.01. The molecule has 2 aromatic rings. The van der Waals surface area contributed by atoms with Crippen molar-refractivity contribution in [3.05, 3.63) is 28.5 Å². The topological polar surface area (TPSA) is 64.9 Å². The number of anilines is 1. The number of nitrogens with zero attached hydrogens (tertiary/aromatic N) is 2. The van der Waals surface area contributed by atoms with Crippen LogP contribution in [0.4, 0.5) is 5.69 Å². The molecule has 19 heavy (non-hydrogen) atoms. The van der Waals surface area contributed by atoms with Crippen molar-refractivity contribution < 1.29 is 4.52 Å². The summed E-state index contributed by atoms with van der Waals surface area (Å²) in [6.45, 7) is 0. The maximum atomic E-state index is 5.77. The first-order valence-corrected chi connectivity index (χ1v) is 8.09. The van der Waals surface area contributed by atoms with Crippen molar-refractivity contribution in [1.29, 1.82) is 0 Å². The first-order valence-electron chi connectivity index (χ1n) is 6.24. The maximum absolute atomic E-state index is 5.77. The normalized spacial score (nSPS) is 19.5. The molecule has 0 amide bonds. The van der Waals surface area contributed by atoms with Crippen LogP contribution in [0.15, 0.2) is 27.2 Å². The Morgan fingerprint density at radius 1 is 1.37 bits per heavy atom. The van der Waals surface area contributed by atoms with Crippen LogP contribution >= 0.6 is 27.7 Å². The third-order valence-corrected chi connectivity index (χ3v) is 5.22. The molecule has 0 saturated carbocycles. The van der Waals surface area contributed by atoms with Gasteiger partial charge in [-0.25, -0.2) is 0 Å². The highest BCUT2D eigenvalue weighted by atomic mass is 79.9. The Kier molecular flexibility index (Phi) is 3.79. The standard InChI is InChI=1S/C13H14BrN3OS/c14-9-7-8(4-5-10(9)15)13-16-12(17-18-13)11-3-1-2-6-19-11/h4-5,7,11H,1-3,6,15H2. The SMILES string of the molecule is Nc1ccc(-c2nc(C3CCCCS3)no2)cc1Br. The molecule has 1 atom stereocenters. The summed E-state index contributed by atoms with van der Waals surface area (Å²) >= 11 is 5.32. The minimum atomic E-state index is 0.378. The predicted molar refractivity (Wildman–Crippen MR) is 80.9 cm³/mol. The van der Waals surface area contributed by atoms with Crippen LogP contribution < -0.4 is 5.73 Å². The van der Waals surface area contributed by atoms with Gasteiger partial charge < -0.3 is 10.3 Å². The number of halogens is 1. The van der Waals surface area contributed by atoms with Crippen molar-refractivity contribution in [2.24, 2.45) is 0 Å². The first-order chi connectivity index (χ1) is 9.24. The summed E-state index contributed by atoms with van der Waals surface area (Å²) in [7, 11) is 0. The molecule has 2 heterocycles. The van der Waals surface area contributed by atoms with Crippen molar-refractivity contribution in [3.8, 4) is 11.5 Å². The largest absolute Gasteiger partial charge is 0.398 e. The van der Waals surface area contributed by atoms with Gasteiger partial charge in [-0.15, -0.1) is 0 Å². The predicted octanol–water partition coefficient (Wildman–Crippen LogP) is 4.04. The second-order valence-corrected chi connectivity index (χ2v) is 6.71. The van der Waals surface area contributed by atoms with Gasteiger partial charge >= 0.3 is 0 Å². The van der Waals surface area contributed by atoms with E-state index in [1.807, 2.05) is 30.0 Å². The fraction of sp³-hybridized carbons (Fsp3) is 0.385. The summed E-state index contributed by atoms with van der Waals surface area (Å²) in [5.41, 5.74) is 7.36. The van der Waals surface area contributed by atoms with Crippen molar-refractivity contribution in [1.82, 2.24) is 10.1 Å². The lowest BCUT2D eigenvalue weighted by Crippen LogP contribution is -2.03. The van der Waals surface area contributed by atoms with Crippen molar-refractivity contribution in [2.45, 2.75) is 24.5 Å². The highest BCUT2D eigenvalue weighted by molar-refractivity contribution is 9.10. The van der Waals surface area contributed by atoms with Gasteiger partial charge in [0.15, 0.2) is 5.82 Å². The monoisotopic (exact) mass is 339 g/mol. The molecule has 1 aromatic carbocycles. The van der Waals surface area contributed by atoms with Gasteiger partial charge in [0.05, 0.1) is 5.25 Å². The van der Waals surface area contributed by atoms with E-state index in [0.29, 0.717) is 16.8 Å². The number of aromatic nitrogens is 2. The summed E-state index contributed by atoms with van der Waals surface area (Å²) in [5.74, 6) is 2.55. The van der Waals surface area contributed by atoms with E-state index in [1.54, 1.807) is 0 Å². The number of hydrogen-bond donors (Lipinski definition) is 1. The molecular formula is C13H14BrN3OS. The highest BCUT2D eigenvalue weighted by Crippen LogP contribution is 2.37. The minimum absolute atomic E-state index is 0.378. The second kappa shape index (κ2) is 5.54. The quantitative estimate of drug-likeness (QED) is 0.836. The Morgan fingerprint density at radius 3 is 3.00 bits per heavy atom. The molecule has 0 radical (unpaired) electrons. The van der Waals surface area contributed by atoms with E-state index < -0.39 is 0 Å². The zero-order valence-corrected chi connectivity index (χ0v) is 12.7. The van der Waals surface area contributed by atoms with Gasteiger partial charge in [0.25, 0.3) is 5.89 Å². The average molecular weight is 340 g/mol. The molecule has 0 aliphatic carbocycles. The molecule has 1 fully saturated rings. The molecule has 6 heteroatoms. The van der Waals surface area contributed by atoms with Crippen LogP contribution in [0, 0.1) is 0 Å². The lowest BCUT2D eigenvalue weighted by atomic mass is 10.2. The Labute approximate surface area is 124 Å². The zero-order valence-electron chi connectivity index (χ0n) is 10.3. The van der Waals surface area contributed by atoms with E-state index in [-0.39, 0.29) is 0 Å². The van der Waals surface area contributed by atoms with Crippen LogP contribution in [0.3, 0.4) is 0 Å². The van der Waals surface area contributed by atoms with E-state index >= 15 is 0 Å². The van der Waals surface area contributed by atoms with Gasteiger partial charge in [0.1, 0.15) is 0 Å². The van der Waals surface area contributed by atoms with E-state index in [9.17, 15) is 0 Å². The molecule has 1 aromatic heterocycles. The number of hydrogen-bond acceptors (Lipinski definition) is 5. The molecule has 0 bridgehead atoms. The van der Waals surface area contributed by atoms with Crippen LogP contribution in [0.1, 0.15) is 30.3 Å². The number of thioether (sulfide) groups is 1. The number of benzene rings is 1. The molecule has 2 N–H and O–H groups in total. The molecule has 3 rings (SSSR count). The summed E-state index contributed by atoms with van der Waals surface area (Å²) in [6.07, 6.45) is 3.67. The number of rotatable bonds is 2. The summed E-state index contributed by atoms with van der Waals surface area (Å²) < 4.78 is 6.21. The zero-order chi connectivity index (χ0) is 13.2. The van der Waals surface area contributed by atoms with Crippen LogP contribution in [-0.4, -0.2) is 15.9 Å². The summed E-state index contributed by atoms with van der Waals surface area (Å²) in [5, 5.41) is 4.49. The summed E-state index contributed by atoms with van der Waals surface area (Å²) in [4.78, 5) is 4.51. The van der Waals surface area contributed by atoms with Gasteiger partial charge in [0, 0.05) is 15.7 Å². The smallest absolute Gasteiger partial charge is 0.258 e. The average Bonchev–Trinajstić information content (AvgIpc) is 2.93. The third-order valence-electron chi connectivity index (χ3n) is 3.16. The van der Waals surface area contributed by atoms with E-state index in [0.717, 1.165) is 22.3 Å². The van der Waals surface area contributed by atoms with Gasteiger partial charge in [-0.3, -0.25) is 0 Å². The van der Waals surface area contributed by atoms with E-state index in [2.05, 4.69) is 26.1 Å². The molecule has 4 nitrogen and oxygen atoms in total. The van der Waals surface area contributed by atoms with Gasteiger partial charge in [-0.05, 0) is 52.7 Å². The molecule has 1 saturated heterocycles. The fourth-order valence-corrected chi connectivity index (χ4v) is 3.70. The third kappa shape index (κ3) is 2.79. The Balaban J connectivity index is 1.85. The van der Waals surface area contributed by atoms with Crippen LogP contribution in [0.25, 0.3) is 11.5 Å². The van der Waals surface area contributed by atoms with Crippen molar-refractivity contribution in [3.63, 3.8) is 0 Å². The maximum Gasteiger partial charge on any atom is 0.258 e. The number of nitrogen functional groups attached to an aromatic ring is 1. The van der Waals surface area contributed by atoms with Crippen LogP contribution in [-0.2, 0) is 0 Å². The molecule has 1 unspecified atom stereocenters. The Bertz CT molecular complexity index is 581. The van der Waals surface area contributed by atoms with Gasteiger partial charge in [-0.1, -0.05) is 11.6 Å². The molecule has 1 aliphatic heterocycles. The molecule has 0 spiro atoms. The minimum Gasteiger partial charge on any atom is -0.398 e. The fourth-order valence-electron chi connectivity index (χ4n) is 2.09. The molecule has 1 aliphatic rings. The summed E-state index contributed by atoms with van der Waals surface area (Å²) in [6, 6.07) is 5.63. The molecule has 100 valence electrons. The number of nitrogens with two attached hydrogens (primary N) is 1. The highest BCUT2D eigenvalue weighted by Gasteiger charge is 2.22. The van der Waals surface area contributed by atoms with Crippen molar-refractivity contribution >= 4 is 33.4 Å². The lowest BCUT2D eigenvalue weighted by molar-refractivity contribution is 0.420. The van der Waals surface area contributed by atoms with Crippen molar-refractivity contribution in [2.75, 3.05) is 11.5 Å². The van der Waals surface area contributed by atoms with E-state index in [1.165, 1.54) is 18.6 Å². The second-order valence-electron chi connectivity index (χ2n) is 4.55. The van der Waals surface area contributed by atoms with Gasteiger partial charge in [-0.2, -0.15) is 16.7 Å². The van der Waals surface area contributed by atoms with Crippen LogP contribution in [0.5, 0.6) is 0 Å². The van der Waals surface area contributed by atoms with E-state index in [4.69, 9.17) is 10.3 Å². The molecular weight excluding hydrogens is 326 g/mol. The lowest BCUT2D eigenvalue weighted by Gasteiger charge is -2.17.